The Balaban J connectivity index is 1.30. The second-order valence-corrected chi connectivity index (χ2v) is 8.40. The van der Waals surface area contributed by atoms with Crippen LogP contribution >= 0.6 is 11.6 Å². The van der Waals surface area contributed by atoms with Crippen LogP contribution in [0.3, 0.4) is 0 Å². The van der Waals surface area contributed by atoms with Gasteiger partial charge in [-0.2, -0.15) is 5.10 Å². The van der Waals surface area contributed by atoms with Crippen LogP contribution in [0.25, 0.3) is 5.69 Å². The molecule has 1 fully saturated rings. The van der Waals surface area contributed by atoms with Crippen LogP contribution in [0.2, 0.25) is 5.02 Å². The zero-order chi connectivity index (χ0) is 20.7. The third kappa shape index (κ3) is 3.41. The molecule has 1 aromatic heterocycles. The van der Waals surface area contributed by atoms with Crippen LogP contribution in [-0.4, -0.2) is 38.8 Å². The van der Waals surface area contributed by atoms with E-state index in [0.29, 0.717) is 5.02 Å². The quantitative estimate of drug-likeness (QED) is 0.682. The molecule has 3 aromatic rings. The van der Waals surface area contributed by atoms with Crippen LogP contribution in [0.4, 0.5) is 0 Å². The molecule has 2 aliphatic rings. The Morgan fingerprint density at radius 1 is 1.20 bits per heavy atom. The number of aliphatic carboxylic acids is 1. The van der Waals surface area contributed by atoms with Crippen molar-refractivity contribution in [2.75, 3.05) is 13.1 Å². The number of fused-ring (bicyclic) bond motifs is 2. The fourth-order valence-electron chi connectivity index (χ4n) is 4.57. The van der Waals surface area contributed by atoms with Crippen molar-refractivity contribution in [3.05, 3.63) is 82.6 Å². The predicted octanol–water partition coefficient (Wildman–Crippen LogP) is 4.17. The SMILES string of the molecule is O=C(O)C1OC2(CCN(Cc3cnn(-c4ccccc4)c3)CC2)c2cc(Cl)ccc21. The number of aromatic nitrogens is 2. The summed E-state index contributed by atoms with van der Waals surface area (Å²) >= 11 is 6.22. The number of carbonyl (C=O) groups is 1. The van der Waals surface area contributed by atoms with Crippen LogP contribution in [0.1, 0.15) is 35.6 Å². The number of hydrogen-bond donors (Lipinski definition) is 1. The lowest BCUT2D eigenvalue weighted by Crippen LogP contribution is -2.42. The first kappa shape index (κ1) is 19.3. The molecule has 2 aromatic carbocycles. The van der Waals surface area contributed by atoms with E-state index in [9.17, 15) is 9.90 Å². The van der Waals surface area contributed by atoms with Crippen molar-refractivity contribution in [2.45, 2.75) is 31.1 Å². The standard InChI is InChI=1S/C23H22ClN3O3/c24-17-6-7-19-20(12-17)23(30-21(19)22(28)29)8-10-26(11-9-23)14-16-13-25-27(15-16)18-4-2-1-3-5-18/h1-7,12-13,15,21H,8-11,14H2,(H,28,29). The minimum Gasteiger partial charge on any atom is -0.479 e. The summed E-state index contributed by atoms with van der Waals surface area (Å²) in [6.45, 7) is 2.43. The fourth-order valence-corrected chi connectivity index (χ4v) is 4.74. The predicted molar refractivity (Wildman–Crippen MR) is 113 cm³/mol. The Labute approximate surface area is 179 Å². The number of likely N-dealkylation sites (tertiary alicyclic amines) is 1. The number of para-hydroxylation sites is 1. The smallest absolute Gasteiger partial charge is 0.337 e. The Morgan fingerprint density at radius 2 is 1.97 bits per heavy atom. The molecule has 1 unspecified atom stereocenters. The van der Waals surface area contributed by atoms with E-state index < -0.39 is 17.7 Å². The first-order valence-electron chi connectivity index (χ1n) is 10.1. The van der Waals surface area contributed by atoms with Gasteiger partial charge in [-0.1, -0.05) is 35.9 Å². The number of nitrogens with zero attached hydrogens (tertiary/aromatic N) is 3. The molecular weight excluding hydrogens is 402 g/mol. The maximum Gasteiger partial charge on any atom is 0.337 e. The van der Waals surface area contributed by atoms with Gasteiger partial charge in [0.15, 0.2) is 6.10 Å². The van der Waals surface area contributed by atoms with E-state index in [0.717, 1.165) is 54.9 Å². The van der Waals surface area contributed by atoms with Gasteiger partial charge in [0, 0.05) is 36.4 Å². The van der Waals surface area contributed by atoms with Crippen LogP contribution in [-0.2, 0) is 21.7 Å². The van der Waals surface area contributed by atoms with Gasteiger partial charge in [0.2, 0.25) is 0 Å². The molecule has 1 N–H and O–H groups in total. The summed E-state index contributed by atoms with van der Waals surface area (Å²) in [5, 5.41) is 14.7. The molecular formula is C23H22ClN3O3. The maximum absolute atomic E-state index is 11.7. The molecule has 1 spiro atoms. The monoisotopic (exact) mass is 423 g/mol. The number of rotatable bonds is 4. The van der Waals surface area contributed by atoms with Gasteiger partial charge >= 0.3 is 5.97 Å². The molecule has 0 radical (unpaired) electrons. The van der Waals surface area contributed by atoms with Gasteiger partial charge in [-0.15, -0.1) is 0 Å². The summed E-state index contributed by atoms with van der Waals surface area (Å²) in [6.07, 6.45) is 4.50. The second kappa shape index (κ2) is 7.54. The Hall–Kier alpha value is -2.67. The van der Waals surface area contributed by atoms with Crippen LogP contribution < -0.4 is 0 Å². The normalized spacial score (nSPS) is 20.4. The number of halogens is 1. The van der Waals surface area contributed by atoms with Crippen LogP contribution in [0.15, 0.2) is 60.9 Å². The molecule has 0 amide bonds. The molecule has 5 rings (SSSR count). The lowest BCUT2D eigenvalue weighted by atomic mass is 9.83. The Morgan fingerprint density at radius 3 is 2.70 bits per heavy atom. The van der Waals surface area contributed by atoms with Gasteiger partial charge in [0.05, 0.1) is 17.5 Å². The fraction of sp³-hybridized carbons (Fsp3) is 0.304. The zero-order valence-electron chi connectivity index (χ0n) is 16.4. The highest BCUT2D eigenvalue weighted by Gasteiger charge is 2.49. The Kier molecular flexibility index (Phi) is 4.85. The summed E-state index contributed by atoms with van der Waals surface area (Å²) in [4.78, 5) is 14.1. The highest BCUT2D eigenvalue weighted by atomic mass is 35.5. The zero-order valence-corrected chi connectivity index (χ0v) is 17.1. The molecule has 0 aliphatic carbocycles. The summed E-state index contributed by atoms with van der Waals surface area (Å²) in [6, 6.07) is 15.4. The number of carboxylic acids is 1. The molecule has 0 saturated carbocycles. The van der Waals surface area contributed by atoms with Crippen molar-refractivity contribution in [1.29, 1.82) is 0 Å². The highest BCUT2D eigenvalue weighted by Crippen LogP contribution is 2.50. The average Bonchev–Trinajstić information content (AvgIpc) is 3.34. The summed E-state index contributed by atoms with van der Waals surface area (Å²) in [5.74, 6) is -0.953. The molecule has 2 aliphatic heterocycles. The molecule has 0 bridgehead atoms. The van der Waals surface area contributed by atoms with E-state index in [4.69, 9.17) is 16.3 Å². The lowest BCUT2D eigenvalue weighted by molar-refractivity contribution is -0.166. The van der Waals surface area contributed by atoms with Gasteiger partial charge in [-0.05, 0) is 48.2 Å². The van der Waals surface area contributed by atoms with Crippen molar-refractivity contribution < 1.29 is 14.6 Å². The highest BCUT2D eigenvalue weighted by molar-refractivity contribution is 6.30. The third-order valence-electron chi connectivity index (χ3n) is 6.08. The first-order chi connectivity index (χ1) is 14.5. The van der Waals surface area contributed by atoms with Crippen LogP contribution in [0.5, 0.6) is 0 Å². The topological polar surface area (TPSA) is 67.6 Å². The van der Waals surface area contributed by atoms with E-state index >= 15 is 0 Å². The van der Waals surface area contributed by atoms with E-state index in [2.05, 4.69) is 16.2 Å². The molecule has 7 heteroatoms. The van der Waals surface area contributed by atoms with E-state index in [1.807, 2.05) is 47.3 Å². The molecule has 1 atom stereocenters. The number of carboxylic acid groups (broad SMARTS) is 1. The largest absolute Gasteiger partial charge is 0.479 e. The van der Waals surface area contributed by atoms with E-state index in [1.165, 1.54) is 0 Å². The van der Waals surface area contributed by atoms with Crippen molar-refractivity contribution in [1.82, 2.24) is 14.7 Å². The number of benzene rings is 2. The number of hydrogen-bond acceptors (Lipinski definition) is 4. The number of ether oxygens (including phenoxy) is 1. The summed E-state index contributed by atoms with van der Waals surface area (Å²) in [5.41, 5.74) is 3.26. The molecule has 154 valence electrons. The van der Waals surface area contributed by atoms with Crippen molar-refractivity contribution in [3.8, 4) is 5.69 Å². The van der Waals surface area contributed by atoms with Gasteiger partial charge in [-0.25, -0.2) is 9.48 Å². The molecule has 30 heavy (non-hydrogen) atoms. The summed E-state index contributed by atoms with van der Waals surface area (Å²) in [7, 11) is 0. The van der Waals surface area contributed by atoms with E-state index in [1.54, 1.807) is 12.1 Å². The van der Waals surface area contributed by atoms with Crippen molar-refractivity contribution in [3.63, 3.8) is 0 Å². The van der Waals surface area contributed by atoms with Crippen molar-refractivity contribution >= 4 is 17.6 Å². The summed E-state index contributed by atoms with van der Waals surface area (Å²) < 4.78 is 8.02. The molecule has 6 nitrogen and oxygen atoms in total. The van der Waals surface area contributed by atoms with Gasteiger partial charge in [0.25, 0.3) is 0 Å². The van der Waals surface area contributed by atoms with Gasteiger partial charge in [-0.3, -0.25) is 4.90 Å². The van der Waals surface area contributed by atoms with Crippen molar-refractivity contribution in [2.24, 2.45) is 0 Å². The average molecular weight is 424 g/mol. The third-order valence-corrected chi connectivity index (χ3v) is 6.32. The Bertz CT molecular complexity index is 1070. The second-order valence-electron chi connectivity index (χ2n) is 7.97. The van der Waals surface area contributed by atoms with Crippen LogP contribution in [0, 0.1) is 0 Å². The minimum atomic E-state index is -0.953. The van der Waals surface area contributed by atoms with Gasteiger partial charge < -0.3 is 9.84 Å². The maximum atomic E-state index is 11.7. The molecule has 1 saturated heterocycles. The van der Waals surface area contributed by atoms with E-state index in [-0.39, 0.29) is 0 Å². The molecule has 3 heterocycles. The minimum absolute atomic E-state index is 0.575. The number of piperidine rings is 1. The lowest BCUT2D eigenvalue weighted by Gasteiger charge is -2.39. The first-order valence-corrected chi connectivity index (χ1v) is 10.4. The van der Waals surface area contributed by atoms with Gasteiger partial charge in [0.1, 0.15) is 0 Å².